The second-order valence-electron chi connectivity index (χ2n) is 4.15. The molecule has 2 aromatic rings. The summed E-state index contributed by atoms with van der Waals surface area (Å²) in [5.41, 5.74) is 6.65. The van der Waals surface area contributed by atoms with Gasteiger partial charge in [-0.3, -0.25) is 0 Å². The summed E-state index contributed by atoms with van der Waals surface area (Å²) < 4.78 is 26.9. The van der Waals surface area contributed by atoms with Crippen LogP contribution >= 0.6 is 0 Å². The molecule has 2 rings (SSSR count). The van der Waals surface area contributed by atoms with E-state index < -0.39 is 10.0 Å². The minimum Gasteiger partial charge on any atom is -0.396 e. The van der Waals surface area contributed by atoms with Gasteiger partial charge in [0.2, 0.25) is 0 Å². The van der Waals surface area contributed by atoms with Crippen LogP contribution < -0.4 is 10.5 Å². The summed E-state index contributed by atoms with van der Waals surface area (Å²) in [5, 5.41) is -0.141. The first kappa shape index (κ1) is 13.5. The molecule has 6 heteroatoms. The van der Waals surface area contributed by atoms with Gasteiger partial charge >= 0.3 is 0 Å². The maximum Gasteiger partial charge on any atom is 0.260 e. The Balaban J connectivity index is 2.26. The number of pyridine rings is 1. The lowest BCUT2D eigenvalue weighted by atomic mass is 10.1. The molecule has 0 saturated heterocycles. The van der Waals surface area contributed by atoms with Gasteiger partial charge in [-0.2, -0.15) is 0 Å². The van der Waals surface area contributed by atoms with Gasteiger partial charge in [0, 0.05) is 12.2 Å². The van der Waals surface area contributed by atoms with Gasteiger partial charge < -0.3 is 5.73 Å². The van der Waals surface area contributed by atoms with Crippen LogP contribution in [0.4, 0.5) is 5.69 Å². The fraction of sp³-hybridized carbons (Fsp3) is 0.154. The third-order valence-electron chi connectivity index (χ3n) is 2.69. The minimum absolute atomic E-state index is 0.135. The number of anilines is 1. The molecule has 100 valence electrons. The second kappa shape index (κ2) is 5.38. The number of hydrogen-bond acceptors (Lipinski definition) is 4. The molecule has 0 amide bonds. The molecule has 19 heavy (non-hydrogen) atoms. The van der Waals surface area contributed by atoms with E-state index in [-0.39, 0.29) is 16.8 Å². The fourth-order valence-corrected chi connectivity index (χ4v) is 3.02. The lowest BCUT2D eigenvalue weighted by Gasteiger charge is -2.14. The summed E-state index contributed by atoms with van der Waals surface area (Å²) >= 11 is 0. The van der Waals surface area contributed by atoms with Crippen LogP contribution in [0.15, 0.2) is 53.7 Å². The van der Waals surface area contributed by atoms with Gasteiger partial charge in [-0.05, 0) is 24.6 Å². The van der Waals surface area contributed by atoms with Crippen molar-refractivity contribution in [3.8, 4) is 0 Å². The van der Waals surface area contributed by atoms with Crippen LogP contribution in [0.5, 0.6) is 0 Å². The van der Waals surface area contributed by atoms with Gasteiger partial charge in [0.15, 0.2) is 5.03 Å². The van der Waals surface area contributed by atoms with Gasteiger partial charge in [0.1, 0.15) is 0 Å². The van der Waals surface area contributed by atoms with E-state index in [0.717, 1.165) is 5.56 Å². The second-order valence-corrected chi connectivity index (χ2v) is 5.78. The minimum atomic E-state index is -3.72. The van der Waals surface area contributed by atoms with Gasteiger partial charge in [-0.15, -0.1) is 0 Å². The topological polar surface area (TPSA) is 85.1 Å². The highest BCUT2D eigenvalue weighted by atomic mass is 32.2. The van der Waals surface area contributed by atoms with Crippen molar-refractivity contribution in [2.24, 2.45) is 0 Å². The van der Waals surface area contributed by atoms with Crippen molar-refractivity contribution in [3.05, 3.63) is 54.2 Å². The Kier molecular flexibility index (Phi) is 3.82. The van der Waals surface area contributed by atoms with E-state index in [2.05, 4.69) is 9.71 Å². The Morgan fingerprint density at radius 2 is 1.84 bits per heavy atom. The number of hydrogen-bond donors (Lipinski definition) is 2. The number of aromatic nitrogens is 1. The first-order valence-corrected chi connectivity index (χ1v) is 7.27. The Labute approximate surface area is 112 Å². The third kappa shape index (κ3) is 3.10. The lowest BCUT2D eigenvalue weighted by Crippen LogP contribution is -2.28. The predicted octanol–water partition coefficient (Wildman–Crippen LogP) is 1.70. The largest absolute Gasteiger partial charge is 0.396 e. The number of nitrogens with two attached hydrogens (primary N) is 1. The zero-order chi connectivity index (χ0) is 13.9. The van der Waals surface area contributed by atoms with Crippen molar-refractivity contribution in [2.45, 2.75) is 18.0 Å². The molecule has 0 fully saturated rings. The zero-order valence-electron chi connectivity index (χ0n) is 10.4. The van der Waals surface area contributed by atoms with Crippen LogP contribution in [0.3, 0.4) is 0 Å². The molecule has 0 aliphatic carbocycles. The lowest BCUT2D eigenvalue weighted by molar-refractivity contribution is 0.563. The van der Waals surface area contributed by atoms with Crippen molar-refractivity contribution in [1.82, 2.24) is 9.71 Å². The fourth-order valence-electron chi connectivity index (χ4n) is 1.73. The zero-order valence-corrected chi connectivity index (χ0v) is 11.3. The van der Waals surface area contributed by atoms with E-state index in [9.17, 15) is 8.42 Å². The molecular weight excluding hydrogens is 262 g/mol. The number of nitrogen functional groups attached to an aromatic ring is 1. The van der Waals surface area contributed by atoms with E-state index in [4.69, 9.17) is 5.73 Å². The molecule has 0 saturated carbocycles. The van der Waals surface area contributed by atoms with Crippen LogP contribution in [0.25, 0.3) is 0 Å². The number of rotatable bonds is 4. The Morgan fingerprint density at radius 3 is 2.47 bits per heavy atom. The third-order valence-corrected chi connectivity index (χ3v) is 4.20. The predicted molar refractivity (Wildman–Crippen MR) is 73.8 cm³/mol. The molecule has 3 N–H and O–H groups in total. The molecule has 0 aliphatic heterocycles. The Hall–Kier alpha value is -1.92. The normalized spacial score (nSPS) is 13.1. The molecule has 0 bridgehead atoms. The van der Waals surface area contributed by atoms with Crippen molar-refractivity contribution in [1.29, 1.82) is 0 Å². The quantitative estimate of drug-likeness (QED) is 0.890. The van der Waals surface area contributed by atoms with Crippen LogP contribution in [-0.2, 0) is 10.0 Å². The summed E-state index contributed by atoms with van der Waals surface area (Å²) in [5.74, 6) is 0. The SMILES string of the molecule is CC(NS(=O)(=O)c1ncccc1N)c1ccccc1. The molecule has 0 radical (unpaired) electrons. The van der Waals surface area contributed by atoms with Crippen LogP contribution in [0.2, 0.25) is 0 Å². The molecule has 1 unspecified atom stereocenters. The van der Waals surface area contributed by atoms with Crippen molar-refractivity contribution in [3.63, 3.8) is 0 Å². The molecule has 1 aromatic heterocycles. The van der Waals surface area contributed by atoms with Gasteiger partial charge in [-0.25, -0.2) is 18.1 Å². The molecular formula is C13H15N3O2S. The number of sulfonamides is 1. The molecule has 1 atom stereocenters. The van der Waals surface area contributed by atoms with Crippen molar-refractivity contribution >= 4 is 15.7 Å². The smallest absolute Gasteiger partial charge is 0.260 e. The molecule has 5 nitrogen and oxygen atoms in total. The first-order chi connectivity index (χ1) is 9.00. The maximum absolute atomic E-state index is 12.2. The Morgan fingerprint density at radius 1 is 1.16 bits per heavy atom. The molecule has 1 heterocycles. The van der Waals surface area contributed by atoms with Crippen molar-refractivity contribution < 1.29 is 8.42 Å². The molecule has 1 aromatic carbocycles. The highest BCUT2D eigenvalue weighted by Gasteiger charge is 2.21. The molecule has 0 spiro atoms. The van der Waals surface area contributed by atoms with Crippen LogP contribution in [0.1, 0.15) is 18.5 Å². The summed E-state index contributed by atoms with van der Waals surface area (Å²) in [6.07, 6.45) is 1.40. The monoisotopic (exact) mass is 277 g/mol. The van der Waals surface area contributed by atoms with Crippen LogP contribution in [-0.4, -0.2) is 13.4 Å². The van der Waals surface area contributed by atoms with E-state index in [1.54, 1.807) is 13.0 Å². The summed E-state index contributed by atoms with van der Waals surface area (Å²) in [4.78, 5) is 3.82. The highest BCUT2D eigenvalue weighted by Crippen LogP contribution is 2.18. The summed E-state index contributed by atoms with van der Waals surface area (Å²) in [6.45, 7) is 1.77. The average molecular weight is 277 g/mol. The van der Waals surface area contributed by atoms with E-state index in [1.807, 2.05) is 30.3 Å². The first-order valence-electron chi connectivity index (χ1n) is 5.78. The number of nitrogens with zero attached hydrogens (tertiary/aromatic N) is 1. The number of benzene rings is 1. The standard InChI is InChI=1S/C13H15N3O2S/c1-10(11-6-3-2-4-7-11)16-19(17,18)13-12(14)8-5-9-15-13/h2-10,16H,14H2,1H3. The van der Waals surface area contributed by atoms with Gasteiger partial charge in [0.05, 0.1) is 5.69 Å². The average Bonchev–Trinajstić information content (AvgIpc) is 2.39. The summed E-state index contributed by atoms with van der Waals surface area (Å²) in [6, 6.07) is 12.0. The Bertz CT molecular complexity index is 657. The van der Waals surface area contributed by atoms with Crippen LogP contribution in [0, 0.1) is 0 Å². The summed E-state index contributed by atoms with van der Waals surface area (Å²) in [7, 11) is -3.72. The van der Waals surface area contributed by atoms with E-state index >= 15 is 0 Å². The van der Waals surface area contributed by atoms with Gasteiger partial charge in [-0.1, -0.05) is 30.3 Å². The van der Waals surface area contributed by atoms with Crippen molar-refractivity contribution in [2.75, 3.05) is 5.73 Å². The number of nitrogens with one attached hydrogen (secondary N) is 1. The van der Waals surface area contributed by atoms with E-state index in [0.29, 0.717) is 0 Å². The highest BCUT2D eigenvalue weighted by molar-refractivity contribution is 7.89. The van der Waals surface area contributed by atoms with Gasteiger partial charge in [0.25, 0.3) is 10.0 Å². The molecule has 0 aliphatic rings. The van der Waals surface area contributed by atoms with E-state index in [1.165, 1.54) is 12.3 Å². The maximum atomic E-state index is 12.2.